The van der Waals surface area contributed by atoms with E-state index in [1.165, 1.54) is 5.57 Å². The standard InChI is InChI=1S/C17H21NO2/c1-20-12-14-11-15(17(19)6-8-18-9-7-17)10-13-4-2-3-5-16(13)14/h2-5,8,10-11,13,16,19H,6-7,9,12H2,1H3/p+1. The number of aliphatic hydroxyl groups is 1. The van der Waals surface area contributed by atoms with Crippen LogP contribution in [0.15, 0.2) is 47.6 Å². The molecule has 0 spiro atoms. The average molecular weight is 272 g/mol. The molecule has 0 radical (unpaired) electrons. The number of methoxy groups -OCH3 is 1. The molecule has 3 rings (SSSR count). The fraction of sp³-hybridized carbons (Fsp3) is 0.471. The number of hydrogen-bond donors (Lipinski definition) is 2. The van der Waals surface area contributed by atoms with Crippen LogP contribution in [0.3, 0.4) is 0 Å². The van der Waals surface area contributed by atoms with E-state index in [2.05, 4.69) is 41.4 Å². The Balaban J connectivity index is 1.94. The van der Waals surface area contributed by atoms with Gasteiger partial charge in [-0.15, -0.1) is 0 Å². The number of hydrogen-bond acceptors (Lipinski definition) is 2. The molecule has 3 heteroatoms. The minimum absolute atomic E-state index is 0.337. The van der Waals surface area contributed by atoms with E-state index in [1.807, 2.05) is 6.21 Å². The van der Waals surface area contributed by atoms with Crippen molar-refractivity contribution in [2.45, 2.75) is 18.4 Å². The second-order valence-corrected chi connectivity index (χ2v) is 5.79. The van der Waals surface area contributed by atoms with Crippen molar-refractivity contribution in [3.8, 4) is 0 Å². The van der Waals surface area contributed by atoms with Crippen LogP contribution in [0.5, 0.6) is 0 Å². The molecule has 2 aliphatic carbocycles. The highest BCUT2D eigenvalue weighted by molar-refractivity contribution is 5.56. The number of nitrogens with one attached hydrogen (secondary N) is 1. The predicted molar refractivity (Wildman–Crippen MR) is 79.4 cm³/mol. The van der Waals surface area contributed by atoms with Crippen LogP contribution < -0.4 is 4.99 Å². The van der Waals surface area contributed by atoms with Crippen LogP contribution in [0.25, 0.3) is 0 Å². The van der Waals surface area contributed by atoms with Gasteiger partial charge in [0.25, 0.3) is 0 Å². The third kappa shape index (κ3) is 2.43. The van der Waals surface area contributed by atoms with Crippen LogP contribution in [-0.2, 0) is 4.74 Å². The summed E-state index contributed by atoms with van der Waals surface area (Å²) in [5.74, 6) is 0.710. The monoisotopic (exact) mass is 272 g/mol. The van der Waals surface area contributed by atoms with Gasteiger partial charge in [-0.3, -0.25) is 4.99 Å². The lowest BCUT2D eigenvalue weighted by Gasteiger charge is -2.35. The highest BCUT2D eigenvalue weighted by Crippen LogP contribution is 2.38. The van der Waals surface area contributed by atoms with Crippen LogP contribution in [0.2, 0.25) is 0 Å². The smallest absolute Gasteiger partial charge is 0.143 e. The highest BCUT2D eigenvalue weighted by atomic mass is 16.5. The molecule has 3 nitrogen and oxygen atoms in total. The first-order valence-corrected chi connectivity index (χ1v) is 7.27. The molecular weight excluding hydrogens is 250 g/mol. The van der Waals surface area contributed by atoms with Gasteiger partial charge in [0.15, 0.2) is 0 Å². The molecule has 0 fully saturated rings. The summed E-state index contributed by atoms with van der Waals surface area (Å²) >= 11 is 0. The molecule has 0 aromatic carbocycles. The summed E-state index contributed by atoms with van der Waals surface area (Å²) in [5.41, 5.74) is 1.57. The Hall–Kier alpha value is -1.45. The van der Waals surface area contributed by atoms with E-state index in [1.54, 1.807) is 7.11 Å². The van der Waals surface area contributed by atoms with E-state index in [-0.39, 0.29) is 0 Å². The summed E-state index contributed by atoms with van der Waals surface area (Å²) in [5, 5.41) is 10.9. The van der Waals surface area contributed by atoms with Gasteiger partial charge in [0, 0.05) is 25.4 Å². The SMILES string of the molecule is COCC1=CC(C2(O)CC=[NH+]CC2)=CC2C=CC=CC12. The molecule has 3 unspecified atom stereocenters. The summed E-state index contributed by atoms with van der Waals surface area (Å²) < 4.78 is 5.34. The number of rotatable bonds is 3. The second kappa shape index (κ2) is 5.51. The lowest BCUT2D eigenvalue weighted by atomic mass is 9.73. The Morgan fingerprint density at radius 2 is 2.25 bits per heavy atom. The maximum absolute atomic E-state index is 10.9. The van der Waals surface area contributed by atoms with Crippen molar-refractivity contribution < 1.29 is 14.8 Å². The first kappa shape index (κ1) is 13.5. The van der Waals surface area contributed by atoms with Crippen molar-refractivity contribution >= 4 is 6.21 Å². The second-order valence-electron chi connectivity index (χ2n) is 5.79. The molecule has 1 heterocycles. The Morgan fingerprint density at radius 1 is 1.40 bits per heavy atom. The third-order valence-corrected chi connectivity index (χ3v) is 4.43. The van der Waals surface area contributed by atoms with Gasteiger partial charge in [0.1, 0.15) is 18.4 Å². The maximum Gasteiger partial charge on any atom is 0.143 e. The lowest BCUT2D eigenvalue weighted by molar-refractivity contribution is -0.463. The molecule has 3 atom stereocenters. The first-order valence-electron chi connectivity index (χ1n) is 7.27. The van der Waals surface area contributed by atoms with Gasteiger partial charge in [-0.1, -0.05) is 36.5 Å². The van der Waals surface area contributed by atoms with Gasteiger partial charge in [0.2, 0.25) is 0 Å². The van der Waals surface area contributed by atoms with E-state index < -0.39 is 5.60 Å². The van der Waals surface area contributed by atoms with Gasteiger partial charge < -0.3 is 9.84 Å². The first-order chi connectivity index (χ1) is 9.73. The molecule has 1 aliphatic heterocycles. The molecular formula is C17H22NO2+. The summed E-state index contributed by atoms with van der Waals surface area (Å²) in [6.45, 7) is 1.44. The topological polar surface area (TPSA) is 43.4 Å². The van der Waals surface area contributed by atoms with Crippen molar-refractivity contribution in [2.75, 3.05) is 20.3 Å². The van der Waals surface area contributed by atoms with Crippen molar-refractivity contribution in [2.24, 2.45) is 11.8 Å². The molecule has 0 saturated heterocycles. The van der Waals surface area contributed by atoms with Crippen molar-refractivity contribution in [3.63, 3.8) is 0 Å². The number of ether oxygens (including phenoxy) is 1. The zero-order valence-electron chi connectivity index (χ0n) is 11.9. The van der Waals surface area contributed by atoms with Gasteiger partial charge in [-0.2, -0.15) is 0 Å². The summed E-state index contributed by atoms with van der Waals surface area (Å²) in [7, 11) is 1.73. The fourth-order valence-corrected chi connectivity index (χ4v) is 3.29. The minimum atomic E-state index is -0.732. The molecule has 106 valence electrons. The molecule has 20 heavy (non-hydrogen) atoms. The van der Waals surface area contributed by atoms with Gasteiger partial charge in [0.05, 0.1) is 13.0 Å². The quantitative estimate of drug-likeness (QED) is 0.787. The zero-order valence-corrected chi connectivity index (χ0v) is 11.9. The van der Waals surface area contributed by atoms with Crippen LogP contribution in [0, 0.1) is 11.8 Å². The molecule has 2 N–H and O–H groups in total. The van der Waals surface area contributed by atoms with E-state index in [0.717, 1.165) is 18.5 Å². The van der Waals surface area contributed by atoms with E-state index in [9.17, 15) is 5.11 Å². The molecule has 0 aromatic heterocycles. The molecule has 0 amide bonds. The van der Waals surface area contributed by atoms with Crippen LogP contribution in [0.1, 0.15) is 12.8 Å². The summed E-state index contributed by atoms with van der Waals surface area (Å²) in [4.78, 5) is 3.19. The van der Waals surface area contributed by atoms with Gasteiger partial charge in [-0.05, 0) is 11.1 Å². The Kier molecular flexibility index (Phi) is 3.72. The number of fused-ring (bicyclic) bond motifs is 1. The van der Waals surface area contributed by atoms with Gasteiger partial charge in [-0.25, -0.2) is 0 Å². The third-order valence-electron chi connectivity index (χ3n) is 4.43. The van der Waals surface area contributed by atoms with Crippen LogP contribution in [0.4, 0.5) is 0 Å². The summed E-state index contributed by atoms with van der Waals surface area (Å²) in [6, 6.07) is 0. The van der Waals surface area contributed by atoms with Crippen molar-refractivity contribution in [3.05, 3.63) is 47.6 Å². The normalized spacial score (nSPS) is 35.5. The van der Waals surface area contributed by atoms with Gasteiger partial charge >= 0.3 is 0 Å². The molecule has 3 aliphatic rings. The zero-order chi connectivity index (χ0) is 14.0. The Morgan fingerprint density at radius 3 is 3.00 bits per heavy atom. The fourth-order valence-electron chi connectivity index (χ4n) is 3.29. The van der Waals surface area contributed by atoms with Crippen molar-refractivity contribution in [1.29, 1.82) is 0 Å². The average Bonchev–Trinajstić information content (AvgIpc) is 2.48. The van der Waals surface area contributed by atoms with Crippen LogP contribution >= 0.6 is 0 Å². The lowest BCUT2D eigenvalue weighted by Crippen LogP contribution is -2.73. The molecule has 0 bridgehead atoms. The van der Waals surface area contributed by atoms with Crippen molar-refractivity contribution in [1.82, 2.24) is 0 Å². The maximum atomic E-state index is 10.9. The van der Waals surface area contributed by atoms with E-state index in [4.69, 9.17) is 4.74 Å². The predicted octanol–water partition coefficient (Wildman–Crippen LogP) is 0.534. The Labute approximate surface area is 120 Å². The highest BCUT2D eigenvalue weighted by Gasteiger charge is 2.37. The van der Waals surface area contributed by atoms with E-state index >= 15 is 0 Å². The summed E-state index contributed by atoms with van der Waals surface area (Å²) in [6.07, 6.45) is 16.4. The largest absolute Gasteiger partial charge is 0.384 e. The Bertz CT molecular complexity index is 527. The molecule has 0 aromatic rings. The van der Waals surface area contributed by atoms with Crippen LogP contribution in [-0.4, -0.2) is 37.2 Å². The molecule has 0 saturated carbocycles. The van der Waals surface area contributed by atoms with E-state index in [0.29, 0.717) is 24.9 Å². The minimum Gasteiger partial charge on any atom is -0.384 e. The number of allylic oxidation sites excluding steroid dienone is 5.